The van der Waals surface area contributed by atoms with E-state index in [1.807, 2.05) is 10.7 Å². The van der Waals surface area contributed by atoms with Crippen molar-refractivity contribution in [2.24, 2.45) is 5.73 Å². The lowest BCUT2D eigenvalue weighted by Crippen LogP contribution is -2.06. The van der Waals surface area contributed by atoms with Crippen molar-refractivity contribution in [1.29, 1.82) is 0 Å². The predicted octanol–water partition coefficient (Wildman–Crippen LogP) is 1.09. The number of rotatable bonds is 3. The maximum Gasteiger partial charge on any atom is 0.117 e. The summed E-state index contributed by atoms with van der Waals surface area (Å²) in [6, 6.07) is 5.24. The van der Waals surface area contributed by atoms with Crippen LogP contribution in [0.15, 0.2) is 24.4 Å². The van der Waals surface area contributed by atoms with Crippen LogP contribution in [-0.4, -0.2) is 21.4 Å². The molecule has 0 bridgehead atoms. The highest BCUT2D eigenvalue weighted by Crippen LogP contribution is 2.19. The number of fused-ring (bicyclic) bond motifs is 1. The molecule has 14 heavy (non-hydrogen) atoms. The minimum absolute atomic E-state index is 0.270. The topological polar surface area (TPSA) is 64.1 Å². The van der Waals surface area contributed by atoms with Gasteiger partial charge in [0.2, 0.25) is 0 Å². The first-order chi connectivity index (χ1) is 6.81. The summed E-state index contributed by atoms with van der Waals surface area (Å²) >= 11 is 0. The molecule has 4 heteroatoms. The number of benzene rings is 1. The smallest absolute Gasteiger partial charge is 0.117 e. The lowest BCUT2D eigenvalue weighted by Gasteiger charge is -2.01. The molecule has 2 rings (SSSR count). The van der Waals surface area contributed by atoms with Crippen molar-refractivity contribution in [3.63, 3.8) is 0 Å². The summed E-state index contributed by atoms with van der Waals surface area (Å²) in [7, 11) is 0. The summed E-state index contributed by atoms with van der Waals surface area (Å²) in [4.78, 5) is 0. The molecule has 1 aromatic carbocycles. The van der Waals surface area contributed by atoms with E-state index in [0.717, 1.165) is 23.9 Å². The van der Waals surface area contributed by atoms with Crippen LogP contribution >= 0.6 is 0 Å². The molecule has 0 spiro atoms. The molecule has 0 atom stereocenters. The van der Waals surface area contributed by atoms with E-state index in [2.05, 4.69) is 5.10 Å². The maximum atomic E-state index is 9.33. The first-order valence-corrected chi connectivity index (χ1v) is 4.66. The Morgan fingerprint density at radius 1 is 1.43 bits per heavy atom. The molecular formula is C10H13N3O. The molecule has 0 aliphatic carbocycles. The Morgan fingerprint density at radius 2 is 2.29 bits per heavy atom. The van der Waals surface area contributed by atoms with Crippen LogP contribution in [0.25, 0.3) is 10.9 Å². The third-order valence-corrected chi connectivity index (χ3v) is 2.20. The number of nitrogens with zero attached hydrogens (tertiary/aromatic N) is 2. The zero-order valence-corrected chi connectivity index (χ0v) is 7.85. The minimum atomic E-state index is 0.270. The SMILES string of the molecule is NCCCn1ncc2ccc(O)cc21. The highest BCUT2D eigenvalue weighted by atomic mass is 16.3. The zero-order valence-electron chi connectivity index (χ0n) is 7.85. The maximum absolute atomic E-state index is 9.33. The van der Waals surface area contributed by atoms with E-state index in [4.69, 9.17) is 5.73 Å². The van der Waals surface area contributed by atoms with Gasteiger partial charge in [0.15, 0.2) is 0 Å². The lowest BCUT2D eigenvalue weighted by molar-refractivity contribution is 0.475. The summed E-state index contributed by atoms with van der Waals surface area (Å²) in [5.74, 6) is 0.270. The van der Waals surface area contributed by atoms with Crippen LogP contribution in [0.1, 0.15) is 6.42 Å². The van der Waals surface area contributed by atoms with E-state index in [0.29, 0.717) is 6.54 Å². The summed E-state index contributed by atoms with van der Waals surface area (Å²) in [6.07, 6.45) is 2.69. The Bertz CT molecular complexity index is 436. The van der Waals surface area contributed by atoms with Crippen LogP contribution in [-0.2, 0) is 6.54 Å². The molecule has 0 unspecified atom stereocenters. The average Bonchev–Trinajstić information content (AvgIpc) is 2.57. The van der Waals surface area contributed by atoms with Gasteiger partial charge in [-0.2, -0.15) is 5.10 Å². The molecule has 4 nitrogen and oxygen atoms in total. The van der Waals surface area contributed by atoms with Crippen molar-refractivity contribution < 1.29 is 5.11 Å². The monoisotopic (exact) mass is 191 g/mol. The fourth-order valence-corrected chi connectivity index (χ4v) is 1.48. The van der Waals surface area contributed by atoms with E-state index in [1.54, 1.807) is 18.3 Å². The molecule has 2 aromatic rings. The van der Waals surface area contributed by atoms with Crippen LogP contribution in [0, 0.1) is 0 Å². The van der Waals surface area contributed by atoms with E-state index in [-0.39, 0.29) is 5.75 Å². The standard InChI is InChI=1S/C10H13N3O/c11-4-1-5-13-10-6-9(14)3-2-8(10)7-12-13/h2-3,6-7,14H,1,4-5,11H2. The molecule has 3 N–H and O–H groups in total. The van der Waals surface area contributed by atoms with Gasteiger partial charge in [0.25, 0.3) is 0 Å². The van der Waals surface area contributed by atoms with Gasteiger partial charge in [-0.25, -0.2) is 0 Å². The van der Waals surface area contributed by atoms with Gasteiger partial charge in [0.05, 0.1) is 11.7 Å². The van der Waals surface area contributed by atoms with Gasteiger partial charge < -0.3 is 10.8 Å². The van der Waals surface area contributed by atoms with Gasteiger partial charge in [0, 0.05) is 18.0 Å². The van der Waals surface area contributed by atoms with Crippen molar-refractivity contribution in [3.8, 4) is 5.75 Å². The molecule has 0 saturated carbocycles. The van der Waals surface area contributed by atoms with E-state index in [9.17, 15) is 5.11 Å². The van der Waals surface area contributed by atoms with Gasteiger partial charge in [-0.05, 0) is 25.1 Å². The highest BCUT2D eigenvalue weighted by Gasteiger charge is 2.02. The van der Waals surface area contributed by atoms with E-state index < -0.39 is 0 Å². The van der Waals surface area contributed by atoms with Crippen molar-refractivity contribution in [1.82, 2.24) is 9.78 Å². The van der Waals surface area contributed by atoms with Crippen LogP contribution in [0.4, 0.5) is 0 Å². The van der Waals surface area contributed by atoms with Crippen LogP contribution in [0.2, 0.25) is 0 Å². The summed E-state index contributed by atoms with van der Waals surface area (Å²) in [5.41, 5.74) is 6.39. The Labute approximate surface area is 81.9 Å². The first kappa shape index (κ1) is 9.02. The Balaban J connectivity index is 2.40. The number of nitrogens with two attached hydrogens (primary N) is 1. The molecule has 0 amide bonds. The number of phenolic OH excluding ortho intramolecular Hbond substituents is 1. The van der Waals surface area contributed by atoms with Crippen molar-refractivity contribution in [2.75, 3.05) is 6.54 Å². The number of aromatic hydroxyl groups is 1. The molecule has 0 fully saturated rings. The Hall–Kier alpha value is -1.55. The second-order valence-corrected chi connectivity index (χ2v) is 3.25. The largest absolute Gasteiger partial charge is 0.508 e. The lowest BCUT2D eigenvalue weighted by atomic mass is 10.2. The molecule has 0 aliphatic rings. The molecule has 74 valence electrons. The first-order valence-electron chi connectivity index (χ1n) is 4.66. The van der Waals surface area contributed by atoms with Crippen LogP contribution in [0.3, 0.4) is 0 Å². The Morgan fingerprint density at radius 3 is 3.07 bits per heavy atom. The van der Waals surface area contributed by atoms with Crippen LogP contribution in [0.5, 0.6) is 5.75 Å². The quantitative estimate of drug-likeness (QED) is 0.763. The number of aryl methyl sites for hydroxylation is 1. The molecular weight excluding hydrogens is 178 g/mol. The summed E-state index contributed by atoms with van der Waals surface area (Å²) < 4.78 is 1.86. The molecule has 0 radical (unpaired) electrons. The third-order valence-electron chi connectivity index (χ3n) is 2.20. The van der Waals surface area contributed by atoms with Crippen molar-refractivity contribution in [2.45, 2.75) is 13.0 Å². The second-order valence-electron chi connectivity index (χ2n) is 3.25. The van der Waals surface area contributed by atoms with E-state index >= 15 is 0 Å². The van der Waals surface area contributed by atoms with Crippen molar-refractivity contribution in [3.05, 3.63) is 24.4 Å². The van der Waals surface area contributed by atoms with Gasteiger partial charge in [-0.15, -0.1) is 0 Å². The predicted molar refractivity (Wildman–Crippen MR) is 55.1 cm³/mol. The van der Waals surface area contributed by atoms with Gasteiger partial charge in [0.1, 0.15) is 5.75 Å². The van der Waals surface area contributed by atoms with Gasteiger partial charge >= 0.3 is 0 Å². The molecule has 1 heterocycles. The number of aromatic nitrogens is 2. The number of hydrogen-bond donors (Lipinski definition) is 2. The Kier molecular flexibility index (Phi) is 2.37. The average molecular weight is 191 g/mol. The fourth-order valence-electron chi connectivity index (χ4n) is 1.48. The second kappa shape index (κ2) is 3.67. The normalized spacial score (nSPS) is 10.9. The van der Waals surface area contributed by atoms with Gasteiger partial charge in [-0.1, -0.05) is 0 Å². The third kappa shape index (κ3) is 1.56. The van der Waals surface area contributed by atoms with Crippen molar-refractivity contribution >= 4 is 10.9 Å². The molecule has 0 saturated heterocycles. The summed E-state index contributed by atoms with van der Waals surface area (Å²) in [6.45, 7) is 1.45. The van der Waals surface area contributed by atoms with Crippen LogP contribution < -0.4 is 5.73 Å². The molecule has 1 aromatic heterocycles. The highest BCUT2D eigenvalue weighted by molar-refractivity contribution is 5.79. The molecule has 0 aliphatic heterocycles. The summed E-state index contributed by atoms with van der Waals surface area (Å²) in [5, 5.41) is 14.6. The zero-order chi connectivity index (χ0) is 9.97. The number of phenols is 1. The number of hydrogen-bond acceptors (Lipinski definition) is 3. The van der Waals surface area contributed by atoms with Gasteiger partial charge in [-0.3, -0.25) is 4.68 Å². The van der Waals surface area contributed by atoms with E-state index in [1.165, 1.54) is 0 Å². The minimum Gasteiger partial charge on any atom is -0.508 e. The fraction of sp³-hybridized carbons (Fsp3) is 0.300.